The van der Waals surface area contributed by atoms with Crippen LogP contribution < -0.4 is 5.32 Å². The molecule has 148 valence electrons. The van der Waals surface area contributed by atoms with E-state index in [9.17, 15) is 4.79 Å². The van der Waals surface area contributed by atoms with Crippen molar-refractivity contribution in [1.82, 2.24) is 15.0 Å². The molecule has 0 aliphatic rings. The van der Waals surface area contributed by atoms with Gasteiger partial charge in [0.25, 0.3) is 5.91 Å². The maximum absolute atomic E-state index is 12.9. The van der Waals surface area contributed by atoms with Crippen LogP contribution in [0, 0.1) is 20.8 Å². The Kier molecular flexibility index (Phi) is 4.17. The first kappa shape index (κ1) is 18.2. The summed E-state index contributed by atoms with van der Waals surface area (Å²) in [5.41, 5.74) is 8.63. The van der Waals surface area contributed by atoms with Gasteiger partial charge in [-0.1, -0.05) is 18.2 Å². The topological polar surface area (TPSA) is 73.6 Å². The highest BCUT2D eigenvalue weighted by Gasteiger charge is 2.14. The molecule has 0 spiro atoms. The van der Waals surface area contributed by atoms with Gasteiger partial charge in [-0.3, -0.25) is 4.79 Å². The number of H-pyrrole nitrogens is 2. The molecule has 5 heteroatoms. The van der Waals surface area contributed by atoms with E-state index in [0.29, 0.717) is 5.56 Å². The number of aryl methyl sites for hydroxylation is 3. The number of fused-ring (bicyclic) bond motifs is 2. The van der Waals surface area contributed by atoms with Gasteiger partial charge in [0.2, 0.25) is 0 Å². The number of imidazole rings is 1. The zero-order valence-electron chi connectivity index (χ0n) is 17.1. The molecule has 0 bridgehead atoms. The third-order valence-electron chi connectivity index (χ3n) is 5.64. The predicted molar refractivity (Wildman–Crippen MR) is 122 cm³/mol. The van der Waals surface area contributed by atoms with Crippen molar-refractivity contribution in [3.8, 4) is 11.4 Å². The molecule has 2 heterocycles. The summed E-state index contributed by atoms with van der Waals surface area (Å²) in [7, 11) is 0. The van der Waals surface area contributed by atoms with E-state index in [1.807, 2.05) is 55.5 Å². The Morgan fingerprint density at radius 3 is 2.53 bits per heavy atom. The monoisotopic (exact) mass is 394 g/mol. The normalized spacial score (nSPS) is 11.3. The van der Waals surface area contributed by atoms with Gasteiger partial charge in [-0.25, -0.2) is 4.98 Å². The van der Waals surface area contributed by atoms with Crippen LogP contribution in [0.5, 0.6) is 0 Å². The molecule has 5 aromatic rings. The fourth-order valence-electron chi connectivity index (χ4n) is 3.84. The van der Waals surface area contributed by atoms with Gasteiger partial charge in [-0.15, -0.1) is 0 Å². The van der Waals surface area contributed by atoms with E-state index in [1.165, 1.54) is 11.1 Å². The Hall–Kier alpha value is -3.86. The van der Waals surface area contributed by atoms with E-state index in [4.69, 9.17) is 0 Å². The number of rotatable bonds is 3. The largest absolute Gasteiger partial charge is 0.358 e. The second kappa shape index (κ2) is 6.88. The highest BCUT2D eigenvalue weighted by Crippen LogP contribution is 2.26. The second-order valence-electron chi connectivity index (χ2n) is 7.74. The zero-order chi connectivity index (χ0) is 20.8. The standard InChI is InChI=1S/C25H22N4O/c1-14-7-12-21-22(13-14)29-24(28-21)17-8-10-18(11-9-17)27-25(30)20-6-4-5-19-15(2)16(3)26-23(19)20/h4-13,26H,1-3H3,(H,27,30)(H,28,29). The van der Waals surface area contributed by atoms with Crippen molar-refractivity contribution in [2.45, 2.75) is 20.8 Å². The van der Waals surface area contributed by atoms with Crippen LogP contribution in [-0.4, -0.2) is 20.9 Å². The highest BCUT2D eigenvalue weighted by atomic mass is 16.1. The van der Waals surface area contributed by atoms with E-state index in [0.717, 1.165) is 44.7 Å². The average Bonchev–Trinajstić information content (AvgIpc) is 3.29. The highest BCUT2D eigenvalue weighted by molar-refractivity contribution is 6.12. The van der Waals surface area contributed by atoms with Crippen LogP contribution in [0.15, 0.2) is 60.7 Å². The summed E-state index contributed by atoms with van der Waals surface area (Å²) >= 11 is 0. The molecule has 3 aromatic carbocycles. The van der Waals surface area contributed by atoms with Gasteiger partial charge < -0.3 is 15.3 Å². The number of anilines is 1. The smallest absolute Gasteiger partial charge is 0.257 e. The van der Waals surface area contributed by atoms with Gasteiger partial charge in [0, 0.05) is 22.3 Å². The van der Waals surface area contributed by atoms with Crippen LogP contribution in [0.1, 0.15) is 27.2 Å². The van der Waals surface area contributed by atoms with Crippen LogP contribution in [0.25, 0.3) is 33.3 Å². The van der Waals surface area contributed by atoms with E-state index >= 15 is 0 Å². The molecule has 3 N–H and O–H groups in total. The molecule has 0 saturated heterocycles. The van der Waals surface area contributed by atoms with Crippen molar-refractivity contribution in [2.24, 2.45) is 0 Å². The number of para-hydroxylation sites is 1. The average molecular weight is 394 g/mol. The van der Waals surface area contributed by atoms with Gasteiger partial charge >= 0.3 is 0 Å². The fourth-order valence-corrected chi connectivity index (χ4v) is 3.84. The molecule has 0 atom stereocenters. The SMILES string of the molecule is Cc1ccc2nc(-c3ccc(NC(=O)c4cccc5c(C)c(C)[nH]c45)cc3)[nH]c2c1. The van der Waals surface area contributed by atoms with Gasteiger partial charge in [0.05, 0.1) is 22.1 Å². The lowest BCUT2D eigenvalue weighted by atomic mass is 10.1. The van der Waals surface area contributed by atoms with Crippen LogP contribution in [-0.2, 0) is 0 Å². The van der Waals surface area contributed by atoms with E-state index in [2.05, 4.69) is 46.2 Å². The molecule has 0 unspecified atom stereocenters. The minimum absolute atomic E-state index is 0.131. The van der Waals surface area contributed by atoms with Crippen LogP contribution in [0.2, 0.25) is 0 Å². The van der Waals surface area contributed by atoms with Crippen molar-refractivity contribution >= 4 is 33.5 Å². The van der Waals surface area contributed by atoms with Crippen molar-refractivity contribution in [2.75, 3.05) is 5.32 Å². The molecule has 0 aliphatic heterocycles. The third kappa shape index (κ3) is 3.05. The number of nitrogens with zero attached hydrogens (tertiary/aromatic N) is 1. The van der Waals surface area contributed by atoms with E-state index in [-0.39, 0.29) is 5.91 Å². The predicted octanol–water partition coefficient (Wildman–Crippen LogP) is 5.89. The Labute approximate surface area is 174 Å². The summed E-state index contributed by atoms with van der Waals surface area (Å²) in [5, 5.41) is 4.08. The number of carbonyl (C=O) groups is 1. The summed E-state index contributed by atoms with van der Waals surface area (Å²) in [6, 6.07) is 19.7. The molecule has 30 heavy (non-hydrogen) atoms. The number of aromatic amines is 2. The second-order valence-corrected chi connectivity index (χ2v) is 7.74. The first-order valence-corrected chi connectivity index (χ1v) is 9.95. The fraction of sp³-hybridized carbons (Fsp3) is 0.120. The van der Waals surface area contributed by atoms with E-state index < -0.39 is 0 Å². The summed E-state index contributed by atoms with van der Waals surface area (Å²) in [4.78, 5) is 24.3. The number of amides is 1. The molecule has 0 fully saturated rings. The molecular weight excluding hydrogens is 372 g/mol. The molecule has 5 rings (SSSR count). The lowest BCUT2D eigenvalue weighted by molar-refractivity contribution is 0.102. The summed E-state index contributed by atoms with van der Waals surface area (Å²) in [5.74, 6) is 0.685. The maximum Gasteiger partial charge on any atom is 0.257 e. The lowest BCUT2D eigenvalue weighted by Crippen LogP contribution is -2.12. The Morgan fingerprint density at radius 2 is 1.73 bits per heavy atom. The number of hydrogen-bond donors (Lipinski definition) is 3. The number of hydrogen-bond acceptors (Lipinski definition) is 2. The van der Waals surface area contributed by atoms with Gasteiger partial charge in [-0.05, 0) is 74.4 Å². The van der Waals surface area contributed by atoms with Crippen molar-refractivity contribution in [3.63, 3.8) is 0 Å². The molecule has 0 aliphatic carbocycles. The number of benzene rings is 3. The number of nitrogens with one attached hydrogen (secondary N) is 3. The van der Waals surface area contributed by atoms with Gasteiger partial charge in [0.1, 0.15) is 5.82 Å². The summed E-state index contributed by atoms with van der Waals surface area (Å²) in [6.45, 7) is 6.15. The first-order valence-electron chi connectivity index (χ1n) is 9.95. The summed E-state index contributed by atoms with van der Waals surface area (Å²) in [6.07, 6.45) is 0. The van der Waals surface area contributed by atoms with Crippen LogP contribution >= 0.6 is 0 Å². The Balaban J connectivity index is 1.41. The zero-order valence-corrected chi connectivity index (χ0v) is 17.1. The van der Waals surface area contributed by atoms with Gasteiger partial charge in [0.15, 0.2) is 0 Å². The van der Waals surface area contributed by atoms with Crippen molar-refractivity contribution in [3.05, 3.63) is 83.0 Å². The molecule has 0 radical (unpaired) electrons. The molecular formula is C25H22N4O. The quantitative estimate of drug-likeness (QED) is 0.357. The van der Waals surface area contributed by atoms with Crippen molar-refractivity contribution in [1.29, 1.82) is 0 Å². The number of carbonyl (C=O) groups excluding carboxylic acids is 1. The minimum atomic E-state index is -0.131. The first-order chi connectivity index (χ1) is 14.5. The lowest BCUT2D eigenvalue weighted by Gasteiger charge is -2.07. The van der Waals surface area contributed by atoms with Crippen molar-refractivity contribution < 1.29 is 4.79 Å². The van der Waals surface area contributed by atoms with Crippen LogP contribution in [0.4, 0.5) is 5.69 Å². The third-order valence-corrected chi connectivity index (χ3v) is 5.64. The minimum Gasteiger partial charge on any atom is -0.358 e. The van der Waals surface area contributed by atoms with E-state index in [1.54, 1.807) is 0 Å². The molecule has 5 nitrogen and oxygen atoms in total. The molecule has 2 aromatic heterocycles. The Bertz CT molecular complexity index is 1410. The molecule has 1 amide bonds. The maximum atomic E-state index is 12.9. The molecule has 0 saturated carbocycles. The van der Waals surface area contributed by atoms with Gasteiger partial charge in [-0.2, -0.15) is 0 Å². The van der Waals surface area contributed by atoms with Crippen LogP contribution in [0.3, 0.4) is 0 Å². The Morgan fingerprint density at radius 1 is 0.933 bits per heavy atom. The summed E-state index contributed by atoms with van der Waals surface area (Å²) < 4.78 is 0. The number of aromatic nitrogens is 3.